The fourth-order valence-electron chi connectivity index (χ4n) is 2.98. The Bertz CT molecular complexity index is 1200. The van der Waals surface area contributed by atoms with Crippen LogP contribution in [0.2, 0.25) is 0 Å². The van der Waals surface area contributed by atoms with Crippen molar-refractivity contribution in [3.8, 4) is 23.0 Å². The Hall–Kier alpha value is -3.40. The molecule has 1 amide bonds. The summed E-state index contributed by atoms with van der Waals surface area (Å²) in [6, 6.07) is 11.5. The molecule has 31 heavy (non-hydrogen) atoms. The first-order valence-corrected chi connectivity index (χ1v) is 11.2. The van der Waals surface area contributed by atoms with E-state index in [0.717, 1.165) is 0 Å². The van der Waals surface area contributed by atoms with Crippen LogP contribution in [0.15, 0.2) is 51.8 Å². The van der Waals surface area contributed by atoms with Crippen LogP contribution in [0, 0.1) is 0 Å². The van der Waals surface area contributed by atoms with Crippen molar-refractivity contribution in [3.05, 3.63) is 48.0 Å². The molecule has 2 heterocycles. The number of anilines is 1. The van der Waals surface area contributed by atoms with E-state index in [0.29, 0.717) is 35.8 Å². The molecule has 1 aliphatic heterocycles. The van der Waals surface area contributed by atoms with E-state index < -0.39 is 15.1 Å². The maximum Gasteiger partial charge on any atom is 0.322 e. The molecule has 0 saturated carbocycles. The summed E-state index contributed by atoms with van der Waals surface area (Å²) in [4.78, 5) is 12.5. The van der Waals surface area contributed by atoms with Gasteiger partial charge in [0.15, 0.2) is 21.3 Å². The van der Waals surface area contributed by atoms with Crippen LogP contribution in [-0.4, -0.2) is 43.0 Å². The van der Waals surface area contributed by atoms with Gasteiger partial charge in [0.2, 0.25) is 11.8 Å². The van der Waals surface area contributed by atoms with E-state index in [4.69, 9.17) is 13.9 Å². The minimum Gasteiger partial charge on any atom is -0.486 e. The molecule has 0 fully saturated rings. The van der Waals surface area contributed by atoms with Gasteiger partial charge in [-0.2, -0.15) is 0 Å². The number of rotatable bonds is 6. The zero-order valence-electron chi connectivity index (χ0n) is 17.0. The smallest absolute Gasteiger partial charge is 0.322 e. The lowest BCUT2D eigenvalue weighted by Gasteiger charge is -2.18. The Morgan fingerprint density at radius 2 is 1.74 bits per heavy atom. The Kier molecular flexibility index (Phi) is 5.64. The van der Waals surface area contributed by atoms with E-state index in [1.165, 1.54) is 12.1 Å². The second kappa shape index (κ2) is 8.38. The van der Waals surface area contributed by atoms with Crippen LogP contribution in [0.1, 0.15) is 19.4 Å². The molecule has 0 saturated heterocycles. The number of sulfone groups is 1. The molecule has 4 rings (SSSR count). The SMILES string of the molecule is CC(C)S(=O)(=O)c1ccc(CC(=O)Nc2nnc(-c3ccc4c(c3)OCCO4)o2)cc1. The number of nitrogens with zero attached hydrogens (tertiary/aromatic N) is 2. The summed E-state index contributed by atoms with van der Waals surface area (Å²) >= 11 is 0. The van der Waals surface area contributed by atoms with Crippen molar-refractivity contribution in [2.45, 2.75) is 30.4 Å². The molecular weight excluding hydrogens is 422 g/mol. The zero-order chi connectivity index (χ0) is 22.0. The predicted octanol–water partition coefficient (Wildman–Crippen LogP) is 2.87. The number of hydrogen-bond acceptors (Lipinski definition) is 8. The van der Waals surface area contributed by atoms with Crippen LogP contribution < -0.4 is 14.8 Å². The van der Waals surface area contributed by atoms with E-state index in [9.17, 15) is 13.2 Å². The summed E-state index contributed by atoms with van der Waals surface area (Å²) < 4.78 is 40.9. The molecule has 0 atom stereocenters. The summed E-state index contributed by atoms with van der Waals surface area (Å²) in [5.41, 5.74) is 1.30. The third-order valence-electron chi connectivity index (χ3n) is 4.70. The molecule has 2 aromatic carbocycles. The fraction of sp³-hybridized carbons (Fsp3) is 0.286. The average Bonchev–Trinajstić information content (AvgIpc) is 3.22. The van der Waals surface area contributed by atoms with E-state index in [1.807, 2.05) is 0 Å². The van der Waals surface area contributed by atoms with Gasteiger partial charge < -0.3 is 13.9 Å². The number of amides is 1. The molecule has 0 spiro atoms. The highest BCUT2D eigenvalue weighted by Crippen LogP contribution is 2.34. The Labute approximate surface area is 179 Å². The van der Waals surface area contributed by atoms with Gasteiger partial charge in [-0.25, -0.2) is 8.42 Å². The van der Waals surface area contributed by atoms with Crippen molar-refractivity contribution in [3.63, 3.8) is 0 Å². The minimum absolute atomic E-state index is 0.0315. The van der Waals surface area contributed by atoms with Crippen molar-refractivity contribution in [2.24, 2.45) is 0 Å². The van der Waals surface area contributed by atoms with Crippen LogP contribution in [-0.2, 0) is 21.1 Å². The second-order valence-electron chi connectivity index (χ2n) is 7.23. The molecule has 1 N–H and O–H groups in total. The van der Waals surface area contributed by atoms with Crippen LogP contribution in [0.4, 0.5) is 6.01 Å². The predicted molar refractivity (Wildman–Crippen MR) is 112 cm³/mol. The molecule has 1 aromatic heterocycles. The monoisotopic (exact) mass is 443 g/mol. The van der Waals surface area contributed by atoms with Gasteiger partial charge in [-0.1, -0.05) is 17.2 Å². The Balaban J connectivity index is 1.40. The quantitative estimate of drug-likeness (QED) is 0.617. The zero-order valence-corrected chi connectivity index (χ0v) is 17.8. The fourth-order valence-corrected chi connectivity index (χ4v) is 4.04. The van der Waals surface area contributed by atoms with E-state index in [1.54, 1.807) is 44.2 Å². The largest absolute Gasteiger partial charge is 0.486 e. The minimum atomic E-state index is -3.35. The topological polar surface area (TPSA) is 121 Å². The van der Waals surface area contributed by atoms with Crippen molar-refractivity contribution < 1.29 is 27.1 Å². The number of carbonyl (C=O) groups excluding carboxylic acids is 1. The third-order valence-corrected chi connectivity index (χ3v) is 6.87. The van der Waals surface area contributed by atoms with Gasteiger partial charge in [-0.05, 0) is 49.7 Å². The molecule has 0 aliphatic carbocycles. The molecule has 0 bridgehead atoms. The molecule has 1 aliphatic rings. The highest BCUT2D eigenvalue weighted by atomic mass is 32.2. The van der Waals surface area contributed by atoms with Crippen molar-refractivity contribution in [2.75, 3.05) is 18.5 Å². The first-order valence-electron chi connectivity index (χ1n) is 9.69. The van der Waals surface area contributed by atoms with Crippen LogP contribution in [0.3, 0.4) is 0 Å². The third kappa shape index (κ3) is 4.53. The highest BCUT2D eigenvalue weighted by Gasteiger charge is 2.19. The number of fused-ring (bicyclic) bond motifs is 1. The van der Waals surface area contributed by atoms with Gasteiger partial charge in [0, 0.05) is 5.56 Å². The second-order valence-corrected chi connectivity index (χ2v) is 9.74. The number of carbonyl (C=O) groups is 1. The van der Waals surface area contributed by atoms with E-state index in [-0.39, 0.29) is 29.1 Å². The lowest BCUT2D eigenvalue weighted by Crippen LogP contribution is -2.16. The lowest BCUT2D eigenvalue weighted by atomic mass is 10.1. The maximum atomic E-state index is 12.3. The standard InChI is InChI=1S/C21H21N3O6S/c1-13(2)31(26,27)16-6-3-14(4-7-16)11-19(25)22-21-24-23-20(30-21)15-5-8-17-18(12-15)29-10-9-28-17/h3-8,12-13H,9-11H2,1-2H3,(H,22,24,25). The van der Waals surface area contributed by atoms with Gasteiger partial charge in [0.1, 0.15) is 13.2 Å². The van der Waals surface area contributed by atoms with Gasteiger partial charge in [-0.15, -0.1) is 5.10 Å². The number of hydrogen-bond donors (Lipinski definition) is 1. The number of benzene rings is 2. The summed E-state index contributed by atoms with van der Waals surface area (Å²) in [5.74, 6) is 1.11. The average molecular weight is 443 g/mol. The van der Waals surface area contributed by atoms with E-state index in [2.05, 4.69) is 15.5 Å². The first kappa shape index (κ1) is 20.9. The molecule has 9 nitrogen and oxygen atoms in total. The number of aromatic nitrogens is 2. The van der Waals surface area contributed by atoms with Crippen LogP contribution in [0.5, 0.6) is 11.5 Å². The molecular formula is C21H21N3O6S. The highest BCUT2D eigenvalue weighted by molar-refractivity contribution is 7.92. The Morgan fingerprint density at radius 3 is 2.45 bits per heavy atom. The van der Waals surface area contributed by atoms with Crippen molar-refractivity contribution in [1.82, 2.24) is 10.2 Å². The number of ether oxygens (including phenoxy) is 2. The van der Waals surface area contributed by atoms with Crippen LogP contribution >= 0.6 is 0 Å². The molecule has 10 heteroatoms. The Morgan fingerprint density at radius 1 is 1.03 bits per heavy atom. The molecule has 0 radical (unpaired) electrons. The summed E-state index contributed by atoms with van der Waals surface area (Å²) in [6.45, 7) is 4.21. The normalized spacial score (nSPS) is 13.3. The lowest BCUT2D eigenvalue weighted by molar-refractivity contribution is -0.115. The van der Waals surface area contributed by atoms with Gasteiger partial charge in [0.25, 0.3) is 0 Å². The van der Waals surface area contributed by atoms with Crippen molar-refractivity contribution >= 4 is 21.8 Å². The van der Waals surface area contributed by atoms with Gasteiger partial charge >= 0.3 is 6.01 Å². The molecule has 0 unspecified atom stereocenters. The maximum absolute atomic E-state index is 12.3. The summed E-state index contributed by atoms with van der Waals surface area (Å²) in [7, 11) is -3.35. The number of nitrogens with one attached hydrogen (secondary N) is 1. The van der Waals surface area contributed by atoms with Crippen molar-refractivity contribution in [1.29, 1.82) is 0 Å². The van der Waals surface area contributed by atoms with Crippen LogP contribution in [0.25, 0.3) is 11.5 Å². The van der Waals surface area contributed by atoms with E-state index >= 15 is 0 Å². The molecule has 162 valence electrons. The summed E-state index contributed by atoms with van der Waals surface area (Å²) in [6.07, 6.45) is 0.0315. The summed E-state index contributed by atoms with van der Waals surface area (Å²) in [5, 5.41) is 9.85. The first-order chi connectivity index (χ1) is 14.8. The molecule has 3 aromatic rings. The van der Waals surface area contributed by atoms with Gasteiger partial charge in [0.05, 0.1) is 16.6 Å². The van der Waals surface area contributed by atoms with Gasteiger partial charge in [-0.3, -0.25) is 10.1 Å².